The Hall–Kier alpha value is -2.93. The minimum atomic E-state index is -0.633. The van der Waals surface area contributed by atoms with E-state index in [1.54, 1.807) is 0 Å². The fraction of sp³-hybridized carbons (Fsp3) is 0.458. The summed E-state index contributed by atoms with van der Waals surface area (Å²) in [5.41, 5.74) is 1.10. The molecule has 0 saturated carbocycles. The molecule has 166 valence electrons. The van der Waals surface area contributed by atoms with Gasteiger partial charge in [-0.05, 0) is 45.0 Å². The number of aromatic nitrogens is 1. The molecule has 2 aromatic rings. The van der Waals surface area contributed by atoms with E-state index in [1.807, 2.05) is 80.4 Å². The van der Waals surface area contributed by atoms with Crippen molar-refractivity contribution in [2.45, 2.75) is 32.8 Å². The topological polar surface area (TPSA) is 66.0 Å². The number of pyridine rings is 1. The van der Waals surface area contributed by atoms with Crippen LogP contribution in [0, 0.1) is 0 Å². The van der Waals surface area contributed by atoms with Crippen LogP contribution in [0.1, 0.15) is 26.5 Å². The van der Waals surface area contributed by atoms with Gasteiger partial charge in [-0.25, -0.2) is 4.79 Å². The van der Waals surface area contributed by atoms with Gasteiger partial charge in [0.25, 0.3) is 0 Å². The number of carbonyl (C=O) groups excluding carboxylic acids is 2. The van der Waals surface area contributed by atoms with Crippen LogP contribution in [0.2, 0.25) is 0 Å². The lowest BCUT2D eigenvalue weighted by molar-refractivity contribution is -0.131. The van der Waals surface area contributed by atoms with Crippen molar-refractivity contribution in [3.8, 4) is 0 Å². The van der Waals surface area contributed by atoms with Gasteiger partial charge in [0.1, 0.15) is 12.1 Å². The molecular formula is C24H32N4O3. The predicted octanol–water partition coefficient (Wildman–Crippen LogP) is 3.21. The van der Waals surface area contributed by atoms with Crippen molar-refractivity contribution >= 4 is 17.7 Å². The molecule has 1 aromatic carbocycles. The number of hydrogen-bond donors (Lipinski definition) is 0. The number of nitrogens with zero attached hydrogens (tertiary/aromatic N) is 4. The molecule has 1 fully saturated rings. The molecule has 1 saturated heterocycles. The lowest BCUT2D eigenvalue weighted by Gasteiger charge is -2.36. The Balaban J connectivity index is 1.55. The van der Waals surface area contributed by atoms with Crippen molar-refractivity contribution < 1.29 is 14.3 Å². The molecule has 1 aromatic heterocycles. The first-order valence-corrected chi connectivity index (χ1v) is 10.8. The summed E-state index contributed by atoms with van der Waals surface area (Å²) in [6.07, 6.45) is 2.20. The molecule has 31 heavy (non-hydrogen) atoms. The average molecular weight is 425 g/mol. The van der Waals surface area contributed by atoms with E-state index in [2.05, 4.69) is 9.88 Å². The third-order valence-electron chi connectivity index (χ3n) is 5.11. The third-order valence-corrected chi connectivity index (χ3v) is 5.11. The van der Waals surface area contributed by atoms with Crippen LogP contribution in [0.15, 0.2) is 54.7 Å². The van der Waals surface area contributed by atoms with E-state index in [1.165, 1.54) is 4.90 Å². The summed E-state index contributed by atoms with van der Waals surface area (Å²) in [6, 6.07) is 15.2. The highest BCUT2D eigenvalue weighted by Crippen LogP contribution is 2.18. The first kappa shape index (κ1) is 22.7. The Morgan fingerprint density at radius 1 is 1.00 bits per heavy atom. The van der Waals surface area contributed by atoms with Crippen LogP contribution in [0.4, 0.5) is 10.5 Å². The molecule has 3 rings (SSSR count). The second kappa shape index (κ2) is 10.4. The van der Waals surface area contributed by atoms with Crippen molar-refractivity contribution in [1.29, 1.82) is 0 Å². The average Bonchev–Trinajstić information content (AvgIpc) is 2.76. The van der Waals surface area contributed by atoms with Gasteiger partial charge in [-0.3, -0.25) is 19.6 Å². The van der Waals surface area contributed by atoms with Gasteiger partial charge >= 0.3 is 6.09 Å². The number of rotatable bonds is 6. The van der Waals surface area contributed by atoms with E-state index in [0.717, 1.165) is 31.7 Å². The van der Waals surface area contributed by atoms with E-state index in [9.17, 15) is 9.59 Å². The Kier molecular flexibility index (Phi) is 7.63. The molecule has 0 N–H and O–H groups in total. The molecule has 1 aliphatic rings. The van der Waals surface area contributed by atoms with Crippen LogP contribution in [-0.4, -0.2) is 71.7 Å². The van der Waals surface area contributed by atoms with Crippen LogP contribution in [0.25, 0.3) is 0 Å². The maximum absolute atomic E-state index is 13.0. The highest BCUT2D eigenvalue weighted by Gasteiger charge is 2.28. The number of piperazine rings is 1. The van der Waals surface area contributed by atoms with Gasteiger partial charge in [0.05, 0.1) is 0 Å². The van der Waals surface area contributed by atoms with Crippen molar-refractivity contribution in [3.63, 3.8) is 0 Å². The molecule has 0 spiro atoms. The van der Waals surface area contributed by atoms with Crippen molar-refractivity contribution in [2.24, 2.45) is 0 Å². The Morgan fingerprint density at radius 2 is 1.68 bits per heavy atom. The monoisotopic (exact) mass is 424 g/mol. The molecule has 0 unspecified atom stereocenters. The zero-order valence-corrected chi connectivity index (χ0v) is 18.7. The SMILES string of the molecule is CC(C)(C)OC(=O)N(CC(=O)N1CCN(CCc2ccccn2)CC1)c1ccccc1. The molecule has 2 amide bonds. The van der Waals surface area contributed by atoms with Gasteiger partial charge in [-0.2, -0.15) is 0 Å². The number of hydrogen-bond acceptors (Lipinski definition) is 5. The van der Waals surface area contributed by atoms with E-state index in [-0.39, 0.29) is 12.5 Å². The standard InChI is InChI=1S/C24H32N4O3/c1-24(2,3)31-23(30)28(21-10-5-4-6-11-21)19-22(29)27-17-15-26(16-18-27)14-12-20-9-7-8-13-25-20/h4-11,13H,12,14-19H2,1-3H3. The Bertz CT molecular complexity index is 844. The summed E-state index contributed by atoms with van der Waals surface area (Å²) < 4.78 is 5.54. The normalized spacial score (nSPS) is 14.9. The van der Waals surface area contributed by atoms with Crippen LogP contribution in [-0.2, 0) is 16.0 Å². The second-order valence-electron chi connectivity index (χ2n) is 8.70. The van der Waals surface area contributed by atoms with E-state index in [0.29, 0.717) is 18.8 Å². The number of anilines is 1. The molecular weight excluding hydrogens is 392 g/mol. The first-order chi connectivity index (χ1) is 14.8. The van der Waals surface area contributed by atoms with Gasteiger partial charge in [0.2, 0.25) is 5.91 Å². The summed E-state index contributed by atoms with van der Waals surface area (Å²) in [5.74, 6) is -0.0703. The lowest BCUT2D eigenvalue weighted by Crippen LogP contribution is -2.52. The number of amides is 2. The van der Waals surface area contributed by atoms with Gasteiger partial charge < -0.3 is 9.64 Å². The number of benzene rings is 1. The summed E-state index contributed by atoms with van der Waals surface area (Å²) in [7, 11) is 0. The van der Waals surface area contributed by atoms with Gasteiger partial charge in [-0.15, -0.1) is 0 Å². The molecule has 7 heteroatoms. The van der Waals surface area contributed by atoms with E-state index < -0.39 is 11.7 Å². The summed E-state index contributed by atoms with van der Waals surface area (Å²) in [6.45, 7) is 9.28. The fourth-order valence-electron chi connectivity index (χ4n) is 3.46. The van der Waals surface area contributed by atoms with Crippen molar-refractivity contribution in [2.75, 3.05) is 44.2 Å². The third kappa shape index (κ3) is 7.07. The molecule has 7 nitrogen and oxygen atoms in total. The number of ether oxygens (including phenoxy) is 1. The summed E-state index contributed by atoms with van der Waals surface area (Å²) in [4.78, 5) is 35.7. The number of para-hydroxylation sites is 1. The van der Waals surface area contributed by atoms with Crippen molar-refractivity contribution in [3.05, 3.63) is 60.4 Å². The van der Waals surface area contributed by atoms with Gasteiger partial charge in [0, 0.05) is 56.7 Å². The van der Waals surface area contributed by atoms with Crippen LogP contribution >= 0.6 is 0 Å². The molecule has 2 heterocycles. The lowest BCUT2D eigenvalue weighted by atomic mass is 10.2. The van der Waals surface area contributed by atoms with E-state index >= 15 is 0 Å². The van der Waals surface area contributed by atoms with Crippen LogP contribution in [0.3, 0.4) is 0 Å². The van der Waals surface area contributed by atoms with Gasteiger partial charge in [-0.1, -0.05) is 24.3 Å². The predicted molar refractivity (Wildman–Crippen MR) is 121 cm³/mol. The maximum atomic E-state index is 13.0. The molecule has 0 bridgehead atoms. The quantitative estimate of drug-likeness (QED) is 0.712. The van der Waals surface area contributed by atoms with Crippen LogP contribution in [0.5, 0.6) is 0 Å². The molecule has 0 radical (unpaired) electrons. The molecule has 0 aliphatic carbocycles. The minimum Gasteiger partial charge on any atom is -0.443 e. The van der Waals surface area contributed by atoms with Gasteiger partial charge in [0.15, 0.2) is 0 Å². The van der Waals surface area contributed by atoms with Crippen LogP contribution < -0.4 is 4.90 Å². The highest BCUT2D eigenvalue weighted by molar-refractivity contribution is 5.95. The second-order valence-corrected chi connectivity index (χ2v) is 8.70. The first-order valence-electron chi connectivity index (χ1n) is 10.8. The zero-order chi connectivity index (χ0) is 22.3. The Labute approximate surface area is 184 Å². The maximum Gasteiger partial charge on any atom is 0.415 e. The summed E-state index contributed by atoms with van der Waals surface area (Å²) >= 11 is 0. The zero-order valence-electron chi connectivity index (χ0n) is 18.7. The molecule has 1 aliphatic heterocycles. The van der Waals surface area contributed by atoms with Crippen molar-refractivity contribution in [1.82, 2.24) is 14.8 Å². The number of carbonyl (C=O) groups is 2. The smallest absolute Gasteiger partial charge is 0.415 e. The summed E-state index contributed by atoms with van der Waals surface area (Å²) in [5, 5.41) is 0. The Morgan fingerprint density at radius 3 is 2.29 bits per heavy atom. The minimum absolute atomic E-state index is 0.0349. The highest BCUT2D eigenvalue weighted by atomic mass is 16.6. The van der Waals surface area contributed by atoms with E-state index in [4.69, 9.17) is 4.74 Å². The largest absolute Gasteiger partial charge is 0.443 e. The molecule has 0 atom stereocenters. The fourth-order valence-corrected chi connectivity index (χ4v) is 3.46.